The number of anilines is 2. The second kappa shape index (κ2) is 10.2. The number of nitro benzene ring substituents is 1. The van der Waals surface area contributed by atoms with Crippen LogP contribution in [0, 0.1) is 10.1 Å². The number of nitrogens with one attached hydrogen (secondary N) is 2. The topological polar surface area (TPSA) is 139 Å². The molecule has 3 aromatic rings. The number of carboxylic acid groups (broad SMARTS) is 1. The number of amides is 2. The standard InChI is InChI=1S/C22H17N3O6S/c26-20(23-16-9-7-14(8-10-16)22(28)29)13-32-19-6-2-4-17(12-19)24-21(27)15-3-1-5-18(11-15)25(30)31/h1-12H,13H2,(H,23,26)(H,24,27)(H,28,29). The Labute approximate surface area is 186 Å². The zero-order valence-corrected chi connectivity index (χ0v) is 17.3. The van der Waals surface area contributed by atoms with Crippen molar-refractivity contribution in [3.05, 3.63) is 94.0 Å². The Hall–Kier alpha value is -4.18. The summed E-state index contributed by atoms with van der Waals surface area (Å²) in [6, 6.07) is 18.1. The van der Waals surface area contributed by atoms with E-state index in [1.807, 2.05) is 0 Å². The largest absolute Gasteiger partial charge is 0.478 e. The minimum atomic E-state index is -1.05. The molecule has 0 fully saturated rings. The van der Waals surface area contributed by atoms with Crippen LogP contribution in [0.1, 0.15) is 20.7 Å². The summed E-state index contributed by atoms with van der Waals surface area (Å²) in [5, 5.41) is 25.1. The normalized spacial score (nSPS) is 10.2. The van der Waals surface area contributed by atoms with Crippen LogP contribution in [0.2, 0.25) is 0 Å². The molecule has 32 heavy (non-hydrogen) atoms. The molecule has 0 saturated carbocycles. The lowest BCUT2D eigenvalue weighted by Gasteiger charge is -2.08. The average molecular weight is 451 g/mol. The SMILES string of the molecule is O=C(CSc1cccc(NC(=O)c2cccc([N+](=O)[O-])c2)c1)Nc1ccc(C(=O)O)cc1. The van der Waals surface area contributed by atoms with Crippen LogP contribution >= 0.6 is 11.8 Å². The van der Waals surface area contributed by atoms with Crippen molar-refractivity contribution in [2.45, 2.75) is 4.90 Å². The van der Waals surface area contributed by atoms with Crippen LogP contribution < -0.4 is 10.6 Å². The van der Waals surface area contributed by atoms with Gasteiger partial charge in [-0.1, -0.05) is 12.1 Å². The van der Waals surface area contributed by atoms with Gasteiger partial charge in [0.25, 0.3) is 11.6 Å². The van der Waals surface area contributed by atoms with Crippen LogP contribution in [0.5, 0.6) is 0 Å². The molecule has 162 valence electrons. The van der Waals surface area contributed by atoms with Gasteiger partial charge in [0.15, 0.2) is 0 Å². The van der Waals surface area contributed by atoms with E-state index in [9.17, 15) is 24.5 Å². The molecule has 9 nitrogen and oxygen atoms in total. The van der Waals surface area contributed by atoms with E-state index in [1.54, 1.807) is 24.3 Å². The first kappa shape index (κ1) is 22.5. The molecule has 0 radical (unpaired) electrons. The van der Waals surface area contributed by atoms with Gasteiger partial charge in [0.05, 0.1) is 16.2 Å². The van der Waals surface area contributed by atoms with E-state index in [2.05, 4.69) is 10.6 Å². The molecular weight excluding hydrogens is 434 g/mol. The van der Waals surface area contributed by atoms with Crippen LogP contribution in [-0.2, 0) is 4.79 Å². The Morgan fingerprint density at radius 3 is 2.28 bits per heavy atom. The van der Waals surface area contributed by atoms with E-state index >= 15 is 0 Å². The first-order chi connectivity index (χ1) is 15.3. The van der Waals surface area contributed by atoms with Crippen molar-refractivity contribution < 1.29 is 24.4 Å². The molecule has 0 aliphatic heterocycles. The van der Waals surface area contributed by atoms with E-state index in [1.165, 1.54) is 60.3 Å². The number of aromatic carboxylic acids is 1. The number of hydrogen-bond donors (Lipinski definition) is 3. The summed E-state index contributed by atoms with van der Waals surface area (Å²) >= 11 is 1.25. The number of nitrogens with zero attached hydrogens (tertiary/aromatic N) is 1. The molecule has 0 heterocycles. The molecule has 0 aliphatic carbocycles. The highest BCUT2D eigenvalue weighted by Gasteiger charge is 2.12. The van der Waals surface area contributed by atoms with Gasteiger partial charge in [-0.3, -0.25) is 19.7 Å². The zero-order chi connectivity index (χ0) is 23.1. The Kier molecular flexibility index (Phi) is 7.19. The third-order valence-corrected chi connectivity index (χ3v) is 5.19. The van der Waals surface area contributed by atoms with Gasteiger partial charge in [-0.25, -0.2) is 4.79 Å². The molecule has 2 amide bonds. The molecule has 0 aliphatic rings. The number of carbonyl (C=O) groups excluding carboxylic acids is 2. The molecule has 3 N–H and O–H groups in total. The van der Waals surface area contributed by atoms with Crippen molar-refractivity contribution >= 4 is 46.6 Å². The fourth-order valence-electron chi connectivity index (χ4n) is 2.67. The van der Waals surface area contributed by atoms with E-state index < -0.39 is 16.8 Å². The van der Waals surface area contributed by atoms with E-state index in [4.69, 9.17) is 5.11 Å². The highest BCUT2D eigenvalue weighted by Crippen LogP contribution is 2.23. The van der Waals surface area contributed by atoms with Crippen LogP contribution in [0.4, 0.5) is 17.1 Å². The lowest BCUT2D eigenvalue weighted by atomic mass is 10.2. The highest BCUT2D eigenvalue weighted by atomic mass is 32.2. The third-order valence-electron chi connectivity index (χ3n) is 4.20. The summed E-state index contributed by atoms with van der Waals surface area (Å²) in [4.78, 5) is 46.5. The number of non-ortho nitro benzene ring substituents is 1. The van der Waals surface area contributed by atoms with Gasteiger partial charge >= 0.3 is 5.97 Å². The predicted octanol–water partition coefficient (Wildman–Crippen LogP) is 4.28. The number of nitro groups is 1. The monoisotopic (exact) mass is 451 g/mol. The quantitative estimate of drug-likeness (QED) is 0.264. The smallest absolute Gasteiger partial charge is 0.335 e. The summed E-state index contributed by atoms with van der Waals surface area (Å²) in [6.45, 7) is 0. The Balaban J connectivity index is 1.57. The molecule has 0 aromatic heterocycles. The maximum Gasteiger partial charge on any atom is 0.335 e. The lowest BCUT2D eigenvalue weighted by molar-refractivity contribution is -0.384. The van der Waals surface area contributed by atoms with Gasteiger partial charge in [0.2, 0.25) is 5.91 Å². The van der Waals surface area contributed by atoms with Crippen LogP contribution in [-0.4, -0.2) is 33.6 Å². The number of hydrogen-bond acceptors (Lipinski definition) is 6. The highest BCUT2D eigenvalue weighted by molar-refractivity contribution is 8.00. The fraction of sp³-hybridized carbons (Fsp3) is 0.0455. The van der Waals surface area contributed by atoms with Crippen molar-refractivity contribution in [3.8, 4) is 0 Å². The summed E-state index contributed by atoms with van der Waals surface area (Å²) in [5.41, 5.74) is 1.08. The molecule has 0 unspecified atom stereocenters. The van der Waals surface area contributed by atoms with Crippen molar-refractivity contribution in [2.24, 2.45) is 0 Å². The number of thioether (sulfide) groups is 1. The van der Waals surface area contributed by atoms with Gasteiger partial charge in [-0.15, -0.1) is 11.8 Å². The fourth-order valence-corrected chi connectivity index (χ4v) is 3.42. The summed E-state index contributed by atoms with van der Waals surface area (Å²) in [6.07, 6.45) is 0. The van der Waals surface area contributed by atoms with Crippen molar-refractivity contribution in [2.75, 3.05) is 16.4 Å². The summed E-state index contributed by atoms with van der Waals surface area (Å²) in [7, 11) is 0. The van der Waals surface area contributed by atoms with Crippen LogP contribution in [0.3, 0.4) is 0 Å². The van der Waals surface area contributed by atoms with E-state index in [0.717, 1.165) is 4.90 Å². The average Bonchev–Trinajstić information content (AvgIpc) is 2.78. The van der Waals surface area contributed by atoms with Gasteiger partial charge < -0.3 is 15.7 Å². The van der Waals surface area contributed by atoms with E-state index in [-0.39, 0.29) is 28.5 Å². The second-order valence-electron chi connectivity index (χ2n) is 6.51. The Morgan fingerprint density at radius 2 is 1.59 bits per heavy atom. The third kappa shape index (κ3) is 6.16. The zero-order valence-electron chi connectivity index (χ0n) is 16.5. The maximum atomic E-state index is 12.4. The Bertz CT molecular complexity index is 1180. The molecule has 0 atom stereocenters. The molecular formula is C22H17N3O6S. The van der Waals surface area contributed by atoms with Crippen LogP contribution in [0.15, 0.2) is 77.7 Å². The molecule has 0 spiro atoms. The van der Waals surface area contributed by atoms with Crippen molar-refractivity contribution in [3.63, 3.8) is 0 Å². The number of benzene rings is 3. The molecule has 10 heteroatoms. The molecule has 0 saturated heterocycles. The lowest BCUT2D eigenvalue weighted by Crippen LogP contribution is -2.14. The number of carboxylic acids is 1. The van der Waals surface area contributed by atoms with Gasteiger partial charge in [0.1, 0.15) is 0 Å². The second-order valence-corrected chi connectivity index (χ2v) is 7.56. The predicted molar refractivity (Wildman–Crippen MR) is 120 cm³/mol. The van der Waals surface area contributed by atoms with Gasteiger partial charge in [0, 0.05) is 34.0 Å². The van der Waals surface area contributed by atoms with Crippen LogP contribution in [0.25, 0.3) is 0 Å². The van der Waals surface area contributed by atoms with Gasteiger partial charge in [-0.05, 0) is 48.5 Å². The summed E-state index contributed by atoms with van der Waals surface area (Å²) < 4.78 is 0. The summed E-state index contributed by atoms with van der Waals surface area (Å²) in [5.74, 6) is -1.71. The van der Waals surface area contributed by atoms with Crippen molar-refractivity contribution in [1.29, 1.82) is 0 Å². The first-order valence-electron chi connectivity index (χ1n) is 9.24. The minimum absolute atomic E-state index is 0.100. The van der Waals surface area contributed by atoms with Gasteiger partial charge in [-0.2, -0.15) is 0 Å². The Morgan fingerprint density at radius 1 is 0.875 bits per heavy atom. The first-order valence-corrected chi connectivity index (χ1v) is 10.2. The molecule has 0 bridgehead atoms. The van der Waals surface area contributed by atoms with E-state index in [0.29, 0.717) is 11.4 Å². The number of carbonyl (C=O) groups is 3. The van der Waals surface area contributed by atoms with Crippen molar-refractivity contribution in [1.82, 2.24) is 0 Å². The molecule has 3 rings (SSSR count). The minimum Gasteiger partial charge on any atom is -0.478 e. The molecule has 3 aromatic carbocycles. The number of rotatable bonds is 8. The maximum absolute atomic E-state index is 12.4.